The van der Waals surface area contributed by atoms with Crippen molar-refractivity contribution in [3.05, 3.63) is 93.2 Å². The number of ether oxygens (including phenoxy) is 1. The Morgan fingerprint density at radius 3 is 2.48 bits per heavy atom. The van der Waals surface area contributed by atoms with E-state index in [1.54, 1.807) is 12.3 Å². The molecule has 0 N–H and O–H groups in total. The second kappa shape index (κ2) is 10.3. The van der Waals surface area contributed by atoms with Crippen LogP contribution in [0.3, 0.4) is 0 Å². The number of hydrogen-bond acceptors (Lipinski definition) is 4. The van der Waals surface area contributed by atoms with Crippen LogP contribution in [0.15, 0.2) is 71.5 Å². The predicted molar refractivity (Wildman–Crippen MR) is 125 cm³/mol. The quantitative estimate of drug-likeness (QED) is 0.476. The summed E-state index contributed by atoms with van der Waals surface area (Å²) in [7, 11) is 0. The van der Waals surface area contributed by atoms with Gasteiger partial charge in [-0.15, -0.1) is 0 Å². The molecular weight excluding hydrogens is 478 g/mol. The normalized spacial score (nSPS) is 14.5. The molecule has 0 aliphatic carbocycles. The van der Waals surface area contributed by atoms with Gasteiger partial charge in [0.05, 0.1) is 5.02 Å². The highest BCUT2D eigenvalue weighted by atomic mass is 79.9. The van der Waals surface area contributed by atoms with Crippen molar-refractivity contribution in [3.63, 3.8) is 0 Å². The van der Waals surface area contributed by atoms with E-state index in [0.717, 1.165) is 42.8 Å². The second-order valence-electron chi connectivity index (χ2n) is 7.49. The molecule has 1 fully saturated rings. The van der Waals surface area contributed by atoms with E-state index in [9.17, 15) is 4.79 Å². The lowest BCUT2D eigenvalue weighted by Crippen LogP contribution is -2.48. The summed E-state index contributed by atoms with van der Waals surface area (Å²) < 4.78 is 6.71. The molecule has 1 aromatic heterocycles. The first-order valence-corrected chi connectivity index (χ1v) is 11.3. The van der Waals surface area contributed by atoms with Crippen molar-refractivity contribution in [1.82, 2.24) is 14.8 Å². The first-order chi connectivity index (χ1) is 15.1. The Morgan fingerprint density at radius 1 is 1.03 bits per heavy atom. The number of pyridine rings is 1. The van der Waals surface area contributed by atoms with Crippen molar-refractivity contribution < 1.29 is 9.53 Å². The molecule has 31 heavy (non-hydrogen) atoms. The molecule has 160 valence electrons. The number of rotatable bonds is 6. The van der Waals surface area contributed by atoms with E-state index in [2.05, 4.69) is 31.9 Å². The average Bonchev–Trinajstić information content (AvgIpc) is 2.80. The Bertz CT molecular complexity index is 1020. The van der Waals surface area contributed by atoms with Gasteiger partial charge >= 0.3 is 0 Å². The molecule has 4 rings (SSSR count). The Morgan fingerprint density at radius 2 is 1.81 bits per heavy atom. The van der Waals surface area contributed by atoms with Crippen molar-refractivity contribution >= 4 is 33.4 Å². The van der Waals surface area contributed by atoms with Crippen LogP contribution in [0.25, 0.3) is 0 Å². The van der Waals surface area contributed by atoms with Gasteiger partial charge in [0.25, 0.3) is 5.91 Å². The molecule has 2 heterocycles. The third-order valence-electron chi connectivity index (χ3n) is 5.28. The molecule has 0 unspecified atom stereocenters. The van der Waals surface area contributed by atoms with Gasteiger partial charge in [-0.05, 0) is 47.5 Å². The molecule has 0 spiro atoms. The van der Waals surface area contributed by atoms with E-state index in [4.69, 9.17) is 16.3 Å². The molecule has 5 nitrogen and oxygen atoms in total. The third kappa shape index (κ3) is 5.85. The number of carbonyl (C=O) groups excluding carboxylic acids is 1. The minimum absolute atomic E-state index is 0.0736. The van der Waals surface area contributed by atoms with Gasteiger partial charge in [0, 0.05) is 55.2 Å². The van der Waals surface area contributed by atoms with Crippen LogP contribution >= 0.6 is 27.5 Å². The summed E-state index contributed by atoms with van der Waals surface area (Å²) in [6.45, 7) is 4.44. The van der Waals surface area contributed by atoms with Crippen molar-refractivity contribution in [1.29, 1.82) is 0 Å². The largest absolute Gasteiger partial charge is 0.487 e. The predicted octanol–water partition coefficient (Wildman–Crippen LogP) is 5.03. The molecule has 1 aliphatic heterocycles. The molecule has 7 heteroatoms. The number of benzene rings is 2. The van der Waals surface area contributed by atoms with Gasteiger partial charge < -0.3 is 9.64 Å². The van der Waals surface area contributed by atoms with Gasteiger partial charge in [0.1, 0.15) is 12.4 Å². The molecule has 1 aliphatic rings. The zero-order valence-corrected chi connectivity index (χ0v) is 19.3. The van der Waals surface area contributed by atoms with Crippen LogP contribution in [0, 0.1) is 0 Å². The number of halogens is 2. The maximum absolute atomic E-state index is 12.9. The Labute approximate surface area is 195 Å². The zero-order chi connectivity index (χ0) is 21.6. The lowest BCUT2D eigenvalue weighted by Gasteiger charge is -2.34. The van der Waals surface area contributed by atoms with Crippen LogP contribution in [-0.2, 0) is 13.2 Å². The molecular formula is C24H23BrClN3O2. The molecule has 0 saturated carbocycles. The number of nitrogens with zero attached hydrogens (tertiary/aromatic N) is 3. The molecule has 2 aromatic carbocycles. The van der Waals surface area contributed by atoms with E-state index >= 15 is 0 Å². The first kappa shape index (κ1) is 21.8. The first-order valence-electron chi connectivity index (χ1n) is 10.2. The van der Waals surface area contributed by atoms with E-state index in [1.807, 2.05) is 53.6 Å². The summed E-state index contributed by atoms with van der Waals surface area (Å²) in [4.78, 5) is 21.3. The van der Waals surface area contributed by atoms with Crippen LogP contribution in [0.5, 0.6) is 5.75 Å². The number of carbonyl (C=O) groups is 1. The SMILES string of the molecule is O=C(c1ccc(COc2ccc(Br)cc2Cl)cc1)N1CCN(Cc2cccnc2)CC1. The van der Waals surface area contributed by atoms with Crippen LogP contribution in [-0.4, -0.2) is 46.9 Å². The highest BCUT2D eigenvalue weighted by molar-refractivity contribution is 9.10. The van der Waals surface area contributed by atoms with E-state index < -0.39 is 0 Å². The fourth-order valence-electron chi connectivity index (χ4n) is 3.54. The van der Waals surface area contributed by atoms with Gasteiger partial charge in [-0.2, -0.15) is 0 Å². The van der Waals surface area contributed by atoms with Crippen molar-refractivity contribution in [2.45, 2.75) is 13.2 Å². The topological polar surface area (TPSA) is 45.7 Å². The standard InChI is InChI=1S/C24H23BrClN3O2/c25-21-7-8-23(22(26)14-21)31-17-18-3-5-20(6-4-18)24(30)29-12-10-28(11-13-29)16-19-2-1-9-27-15-19/h1-9,14-15H,10-13,16-17H2. The fraction of sp³-hybridized carbons (Fsp3) is 0.250. The summed E-state index contributed by atoms with van der Waals surface area (Å²) in [5.41, 5.74) is 2.88. The van der Waals surface area contributed by atoms with Gasteiger partial charge in [0.2, 0.25) is 0 Å². The van der Waals surface area contributed by atoms with Crippen molar-refractivity contribution in [2.24, 2.45) is 0 Å². The van der Waals surface area contributed by atoms with Gasteiger partial charge in [-0.1, -0.05) is 45.7 Å². The number of aromatic nitrogens is 1. The zero-order valence-electron chi connectivity index (χ0n) is 17.0. The minimum Gasteiger partial charge on any atom is -0.487 e. The second-order valence-corrected chi connectivity index (χ2v) is 8.81. The highest BCUT2D eigenvalue weighted by Gasteiger charge is 2.22. The minimum atomic E-state index is 0.0736. The Balaban J connectivity index is 1.28. The van der Waals surface area contributed by atoms with Gasteiger partial charge in [0.15, 0.2) is 0 Å². The maximum atomic E-state index is 12.9. The molecule has 1 amide bonds. The number of amides is 1. The molecule has 0 radical (unpaired) electrons. The lowest BCUT2D eigenvalue weighted by atomic mass is 10.1. The van der Waals surface area contributed by atoms with Gasteiger partial charge in [-0.25, -0.2) is 0 Å². The summed E-state index contributed by atoms with van der Waals surface area (Å²) in [6, 6.07) is 17.2. The number of hydrogen-bond donors (Lipinski definition) is 0. The van der Waals surface area contributed by atoms with Gasteiger partial charge in [-0.3, -0.25) is 14.7 Å². The Hall–Kier alpha value is -2.41. The molecule has 0 bridgehead atoms. The number of piperazine rings is 1. The maximum Gasteiger partial charge on any atom is 0.253 e. The molecule has 3 aromatic rings. The van der Waals surface area contributed by atoms with E-state index in [0.29, 0.717) is 22.9 Å². The fourth-order valence-corrected chi connectivity index (χ4v) is 4.27. The smallest absolute Gasteiger partial charge is 0.253 e. The monoisotopic (exact) mass is 499 g/mol. The van der Waals surface area contributed by atoms with E-state index in [1.165, 1.54) is 5.56 Å². The molecule has 1 saturated heterocycles. The summed E-state index contributed by atoms with van der Waals surface area (Å²) in [5.74, 6) is 0.707. The Kier molecular flexibility index (Phi) is 7.22. The summed E-state index contributed by atoms with van der Waals surface area (Å²) >= 11 is 9.58. The van der Waals surface area contributed by atoms with E-state index in [-0.39, 0.29) is 5.91 Å². The summed E-state index contributed by atoms with van der Waals surface area (Å²) in [5, 5.41) is 0.559. The van der Waals surface area contributed by atoms with Crippen molar-refractivity contribution in [2.75, 3.05) is 26.2 Å². The highest BCUT2D eigenvalue weighted by Crippen LogP contribution is 2.28. The lowest BCUT2D eigenvalue weighted by molar-refractivity contribution is 0.0628. The van der Waals surface area contributed by atoms with Crippen LogP contribution in [0.4, 0.5) is 0 Å². The van der Waals surface area contributed by atoms with Crippen LogP contribution < -0.4 is 4.74 Å². The van der Waals surface area contributed by atoms with Crippen LogP contribution in [0.1, 0.15) is 21.5 Å². The van der Waals surface area contributed by atoms with Crippen molar-refractivity contribution in [3.8, 4) is 5.75 Å². The van der Waals surface area contributed by atoms with Crippen LogP contribution in [0.2, 0.25) is 5.02 Å². The summed E-state index contributed by atoms with van der Waals surface area (Å²) in [6.07, 6.45) is 3.68. The molecule has 0 atom stereocenters. The average molecular weight is 501 g/mol. The third-order valence-corrected chi connectivity index (χ3v) is 6.07.